The third-order valence-electron chi connectivity index (χ3n) is 3.46. The number of benzene rings is 1. The van der Waals surface area contributed by atoms with E-state index in [0.717, 1.165) is 0 Å². The number of carbonyl (C=O) groups excluding carboxylic acids is 1. The molecule has 1 heterocycles. The average molecular weight is 254 g/mol. The molecule has 1 fully saturated rings. The van der Waals surface area contributed by atoms with Crippen LogP contribution in [0.25, 0.3) is 0 Å². The fourth-order valence-electron chi connectivity index (χ4n) is 2.09. The van der Waals surface area contributed by atoms with Gasteiger partial charge in [-0.05, 0) is 19.1 Å². The Morgan fingerprint density at radius 1 is 1.53 bits per heavy atom. The van der Waals surface area contributed by atoms with Gasteiger partial charge in [0, 0.05) is 19.0 Å². The number of amides is 1. The van der Waals surface area contributed by atoms with Crippen molar-refractivity contribution in [2.45, 2.75) is 19.4 Å². The molecule has 1 aliphatic heterocycles. The smallest absolute Gasteiger partial charge is 0.255 e. The number of rotatable bonds is 1. The minimum Gasteiger partial charge on any atom is -0.388 e. The van der Waals surface area contributed by atoms with Gasteiger partial charge >= 0.3 is 0 Å². The number of likely N-dealkylation sites (tertiary alicyclic amines) is 1. The Morgan fingerprint density at radius 2 is 2.18 bits per heavy atom. The lowest BCUT2D eigenvalue weighted by molar-refractivity contribution is 0.0351. The second-order valence-electron chi connectivity index (χ2n) is 4.92. The summed E-state index contributed by atoms with van der Waals surface area (Å²) in [7, 11) is 0. The zero-order valence-electron chi connectivity index (χ0n) is 9.98. The van der Waals surface area contributed by atoms with Gasteiger partial charge in [-0.1, -0.05) is 30.7 Å². The molecular weight excluding hydrogens is 238 g/mol. The van der Waals surface area contributed by atoms with Gasteiger partial charge in [-0.25, -0.2) is 0 Å². The van der Waals surface area contributed by atoms with Crippen molar-refractivity contribution in [2.24, 2.45) is 5.92 Å². The second kappa shape index (κ2) is 4.31. The first-order valence-corrected chi connectivity index (χ1v) is 6.06. The van der Waals surface area contributed by atoms with Crippen LogP contribution in [-0.4, -0.2) is 34.6 Å². The number of aliphatic hydroxyl groups is 1. The Morgan fingerprint density at radius 3 is 2.71 bits per heavy atom. The van der Waals surface area contributed by atoms with Crippen LogP contribution in [0.5, 0.6) is 0 Å². The van der Waals surface area contributed by atoms with Gasteiger partial charge in [0.2, 0.25) is 0 Å². The van der Waals surface area contributed by atoms with Crippen LogP contribution in [-0.2, 0) is 0 Å². The molecule has 1 N–H and O–H groups in total. The van der Waals surface area contributed by atoms with Gasteiger partial charge in [-0.3, -0.25) is 4.79 Å². The van der Waals surface area contributed by atoms with Crippen molar-refractivity contribution in [2.75, 3.05) is 13.1 Å². The summed E-state index contributed by atoms with van der Waals surface area (Å²) in [4.78, 5) is 13.9. The topological polar surface area (TPSA) is 40.5 Å². The van der Waals surface area contributed by atoms with Crippen molar-refractivity contribution >= 4 is 17.5 Å². The van der Waals surface area contributed by atoms with Gasteiger partial charge < -0.3 is 10.0 Å². The summed E-state index contributed by atoms with van der Waals surface area (Å²) >= 11 is 5.99. The number of carbonyl (C=O) groups is 1. The zero-order valence-corrected chi connectivity index (χ0v) is 10.7. The predicted octanol–water partition coefficient (Wildman–Crippen LogP) is 2.18. The minimum atomic E-state index is -0.809. The molecule has 1 aromatic rings. The molecule has 0 unspecified atom stereocenters. The maximum atomic E-state index is 12.2. The number of nitrogens with zero attached hydrogens (tertiary/aromatic N) is 1. The van der Waals surface area contributed by atoms with E-state index in [1.807, 2.05) is 6.92 Å². The first-order valence-electron chi connectivity index (χ1n) is 5.68. The quantitative estimate of drug-likeness (QED) is 0.834. The van der Waals surface area contributed by atoms with Crippen LogP contribution >= 0.6 is 11.6 Å². The van der Waals surface area contributed by atoms with Crippen molar-refractivity contribution in [3.8, 4) is 0 Å². The normalized spacial score (nSPS) is 28.5. The maximum Gasteiger partial charge on any atom is 0.255 e. The molecule has 2 rings (SSSR count). The molecule has 3 nitrogen and oxygen atoms in total. The number of halogens is 1. The Balaban J connectivity index is 2.21. The SMILES string of the molecule is C[C@@H]1CN(C(=O)c2ccccc2Cl)C[C@]1(C)O. The highest BCUT2D eigenvalue weighted by Crippen LogP contribution is 2.29. The molecule has 1 amide bonds. The molecule has 1 saturated heterocycles. The Kier molecular flexibility index (Phi) is 3.15. The Hall–Kier alpha value is -1.06. The van der Waals surface area contributed by atoms with Crippen LogP contribution in [0, 0.1) is 5.92 Å². The highest BCUT2D eigenvalue weighted by Gasteiger charge is 2.40. The lowest BCUT2D eigenvalue weighted by atomic mass is 9.95. The largest absolute Gasteiger partial charge is 0.388 e. The van der Waals surface area contributed by atoms with E-state index >= 15 is 0 Å². The molecule has 0 saturated carbocycles. The van der Waals surface area contributed by atoms with Gasteiger partial charge in [-0.15, -0.1) is 0 Å². The minimum absolute atomic E-state index is 0.0777. The molecule has 92 valence electrons. The fourth-order valence-corrected chi connectivity index (χ4v) is 2.31. The predicted molar refractivity (Wildman–Crippen MR) is 67.1 cm³/mol. The van der Waals surface area contributed by atoms with Crippen molar-refractivity contribution < 1.29 is 9.90 Å². The van der Waals surface area contributed by atoms with Gasteiger partial charge in [0.1, 0.15) is 0 Å². The van der Waals surface area contributed by atoms with Gasteiger partial charge in [0.05, 0.1) is 16.2 Å². The first-order chi connectivity index (χ1) is 7.92. The van der Waals surface area contributed by atoms with E-state index in [9.17, 15) is 9.90 Å². The van der Waals surface area contributed by atoms with E-state index in [-0.39, 0.29) is 11.8 Å². The summed E-state index contributed by atoms with van der Waals surface area (Å²) < 4.78 is 0. The monoisotopic (exact) mass is 253 g/mol. The fraction of sp³-hybridized carbons (Fsp3) is 0.462. The van der Waals surface area contributed by atoms with E-state index < -0.39 is 5.60 Å². The molecule has 0 spiro atoms. The lowest BCUT2D eigenvalue weighted by Gasteiger charge is -2.20. The number of β-amino-alcohol motifs (C(OH)–C–C–N with tert-alkyl or cyclic N) is 1. The Labute approximate surface area is 106 Å². The molecule has 1 aliphatic rings. The average Bonchev–Trinajstić information content (AvgIpc) is 2.53. The van der Waals surface area contributed by atoms with Crippen molar-refractivity contribution in [3.05, 3.63) is 34.9 Å². The van der Waals surface area contributed by atoms with Crippen LogP contribution in [0.15, 0.2) is 24.3 Å². The van der Waals surface area contributed by atoms with E-state index in [0.29, 0.717) is 23.7 Å². The van der Waals surface area contributed by atoms with Crippen LogP contribution in [0.2, 0.25) is 5.02 Å². The van der Waals surface area contributed by atoms with Crippen molar-refractivity contribution in [3.63, 3.8) is 0 Å². The molecule has 0 radical (unpaired) electrons. The zero-order chi connectivity index (χ0) is 12.6. The first kappa shape index (κ1) is 12.4. The molecule has 1 aromatic carbocycles. The third kappa shape index (κ3) is 2.31. The number of hydrogen-bond acceptors (Lipinski definition) is 2. The standard InChI is InChI=1S/C13H16ClNO2/c1-9-7-15(8-13(9,2)17)12(16)10-5-3-4-6-11(10)14/h3-6,9,17H,7-8H2,1-2H3/t9-,13+/m1/s1. The van der Waals surface area contributed by atoms with Gasteiger partial charge in [-0.2, -0.15) is 0 Å². The molecule has 17 heavy (non-hydrogen) atoms. The second-order valence-corrected chi connectivity index (χ2v) is 5.33. The van der Waals surface area contributed by atoms with Crippen molar-refractivity contribution in [1.82, 2.24) is 4.90 Å². The Bertz CT molecular complexity index is 445. The molecule has 0 bridgehead atoms. The summed E-state index contributed by atoms with van der Waals surface area (Å²) in [6.07, 6.45) is 0. The molecular formula is C13H16ClNO2. The summed E-state index contributed by atoms with van der Waals surface area (Å²) in [6, 6.07) is 6.99. The van der Waals surface area contributed by atoms with E-state index in [1.165, 1.54) is 0 Å². The lowest BCUT2D eigenvalue weighted by Crippen LogP contribution is -2.35. The van der Waals surface area contributed by atoms with E-state index in [1.54, 1.807) is 36.1 Å². The van der Waals surface area contributed by atoms with Gasteiger partial charge in [0.25, 0.3) is 5.91 Å². The van der Waals surface area contributed by atoms with E-state index in [2.05, 4.69) is 0 Å². The highest BCUT2D eigenvalue weighted by molar-refractivity contribution is 6.33. The maximum absolute atomic E-state index is 12.2. The summed E-state index contributed by atoms with van der Waals surface area (Å²) in [5.41, 5.74) is -0.309. The van der Waals surface area contributed by atoms with Crippen LogP contribution in [0.4, 0.5) is 0 Å². The summed E-state index contributed by atoms with van der Waals surface area (Å²) in [6.45, 7) is 4.63. The van der Waals surface area contributed by atoms with Crippen molar-refractivity contribution in [1.29, 1.82) is 0 Å². The van der Waals surface area contributed by atoms with Crippen LogP contribution in [0.1, 0.15) is 24.2 Å². The van der Waals surface area contributed by atoms with Gasteiger partial charge in [0.15, 0.2) is 0 Å². The highest BCUT2D eigenvalue weighted by atomic mass is 35.5. The molecule has 2 atom stereocenters. The molecule has 0 aromatic heterocycles. The number of hydrogen-bond donors (Lipinski definition) is 1. The molecule has 4 heteroatoms. The molecule has 0 aliphatic carbocycles. The summed E-state index contributed by atoms with van der Waals surface area (Å²) in [5.74, 6) is -0.0332. The third-order valence-corrected chi connectivity index (χ3v) is 3.79. The van der Waals surface area contributed by atoms with E-state index in [4.69, 9.17) is 11.6 Å². The summed E-state index contributed by atoms with van der Waals surface area (Å²) in [5, 5.41) is 10.5. The van der Waals surface area contributed by atoms with Crippen LogP contribution < -0.4 is 0 Å². The van der Waals surface area contributed by atoms with Crippen LogP contribution in [0.3, 0.4) is 0 Å².